The van der Waals surface area contributed by atoms with Gasteiger partial charge in [0.1, 0.15) is 5.41 Å². The fourth-order valence-electron chi connectivity index (χ4n) is 2.39. The summed E-state index contributed by atoms with van der Waals surface area (Å²) < 4.78 is 0. The second-order valence-corrected chi connectivity index (χ2v) is 6.03. The summed E-state index contributed by atoms with van der Waals surface area (Å²) in [7, 11) is 0. The molecule has 2 N–H and O–H groups in total. The zero-order chi connectivity index (χ0) is 14.0. The van der Waals surface area contributed by atoms with Gasteiger partial charge in [0.15, 0.2) is 5.78 Å². The van der Waals surface area contributed by atoms with E-state index in [4.69, 9.17) is 0 Å². The number of hydrogen-bond donors (Lipinski definition) is 2. The van der Waals surface area contributed by atoms with Crippen molar-refractivity contribution in [2.45, 2.75) is 24.3 Å². The average molecular weight is 280 g/mol. The Morgan fingerprint density at radius 2 is 2.05 bits per heavy atom. The molecule has 0 spiro atoms. The minimum atomic E-state index is -1.47. The molecule has 1 aliphatic rings. The lowest BCUT2D eigenvalue weighted by Crippen LogP contribution is -2.40. The van der Waals surface area contributed by atoms with E-state index >= 15 is 0 Å². The first-order valence-electron chi connectivity index (χ1n) is 6.09. The van der Waals surface area contributed by atoms with Crippen molar-refractivity contribution in [3.05, 3.63) is 30.3 Å². The highest BCUT2D eigenvalue weighted by Crippen LogP contribution is 2.43. The molecule has 3 unspecified atom stereocenters. The second-order valence-electron chi connectivity index (χ2n) is 4.93. The van der Waals surface area contributed by atoms with E-state index in [9.17, 15) is 19.8 Å². The largest absolute Gasteiger partial charge is 0.480 e. The van der Waals surface area contributed by atoms with Crippen LogP contribution in [0.2, 0.25) is 0 Å². The van der Waals surface area contributed by atoms with Crippen molar-refractivity contribution in [3.8, 4) is 0 Å². The minimum Gasteiger partial charge on any atom is -0.480 e. The molecule has 0 saturated heterocycles. The highest BCUT2D eigenvalue weighted by Gasteiger charge is 2.56. The number of Topliss-reactive ketones (excluding diaryl/α,β-unsaturated/α-hetero) is 1. The molecule has 19 heavy (non-hydrogen) atoms. The maximum absolute atomic E-state index is 11.8. The number of ketones is 1. The third kappa shape index (κ3) is 2.53. The van der Waals surface area contributed by atoms with Crippen molar-refractivity contribution in [2.24, 2.45) is 11.3 Å². The number of aliphatic carboxylic acids is 1. The average Bonchev–Trinajstić information content (AvgIpc) is 2.60. The number of aliphatic hydroxyl groups excluding tert-OH is 1. The molecule has 1 aromatic carbocycles. The molecule has 5 heteroatoms. The first-order chi connectivity index (χ1) is 8.96. The van der Waals surface area contributed by atoms with Gasteiger partial charge >= 0.3 is 5.97 Å². The van der Waals surface area contributed by atoms with Gasteiger partial charge < -0.3 is 10.2 Å². The molecule has 0 amide bonds. The molecule has 0 aliphatic heterocycles. The molecule has 1 aromatic rings. The third-order valence-corrected chi connectivity index (χ3v) is 4.93. The lowest BCUT2D eigenvalue weighted by atomic mass is 9.79. The van der Waals surface area contributed by atoms with Crippen molar-refractivity contribution in [3.63, 3.8) is 0 Å². The number of carboxylic acids is 1. The molecule has 1 fully saturated rings. The highest BCUT2D eigenvalue weighted by atomic mass is 32.2. The van der Waals surface area contributed by atoms with Crippen molar-refractivity contribution in [1.82, 2.24) is 0 Å². The van der Waals surface area contributed by atoms with Gasteiger partial charge in [0.2, 0.25) is 0 Å². The predicted molar refractivity (Wildman–Crippen MR) is 72.0 cm³/mol. The predicted octanol–water partition coefficient (Wildman–Crippen LogP) is 1.82. The van der Waals surface area contributed by atoms with Crippen LogP contribution in [0.5, 0.6) is 0 Å². The smallest absolute Gasteiger partial charge is 0.317 e. The summed E-state index contributed by atoms with van der Waals surface area (Å²) in [4.78, 5) is 24.2. The van der Waals surface area contributed by atoms with Crippen LogP contribution in [0.1, 0.15) is 13.3 Å². The number of hydrogen-bond acceptors (Lipinski definition) is 4. The van der Waals surface area contributed by atoms with Crippen molar-refractivity contribution >= 4 is 23.5 Å². The van der Waals surface area contributed by atoms with Crippen molar-refractivity contribution in [2.75, 3.05) is 5.75 Å². The minimum absolute atomic E-state index is 0.0667. The van der Waals surface area contributed by atoms with Crippen LogP contribution in [0.25, 0.3) is 0 Å². The van der Waals surface area contributed by atoms with Gasteiger partial charge in [-0.1, -0.05) is 18.2 Å². The van der Waals surface area contributed by atoms with E-state index in [1.54, 1.807) is 0 Å². The fourth-order valence-corrected chi connectivity index (χ4v) is 3.67. The fraction of sp³-hybridized carbons (Fsp3) is 0.429. The van der Waals surface area contributed by atoms with E-state index in [1.165, 1.54) is 18.7 Å². The van der Waals surface area contributed by atoms with Crippen LogP contribution in [-0.4, -0.2) is 33.8 Å². The van der Waals surface area contributed by atoms with Crippen LogP contribution in [0.3, 0.4) is 0 Å². The number of carbonyl (C=O) groups is 2. The Kier molecular flexibility index (Phi) is 3.96. The maximum Gasteiger partial charge on any atom is 0.317 e. The monoisotopic (exact) mass is 280 g/mol. The van der Waals surface area contributed by atoms with Gasteiger partial charge in [-0.3, -0.25) is 9.59 Å². The van der Waals surface area contributed by atoms with Crippen LogP contribution < -0.4 is 0 Å². The summed E-state index contributed by atoms with van der Waals surface area (Å²) in [5.74, 6) is -1.67. The zero-order valence-corrected chi connectivity index (χ0v) is 11.4. The Morgan fingerprint density at radius 3 is 2.63 bits per heavy atom. The molecule has 3 atom stereocenters. The van der Waals surface area contributed by atoms with Gasteiger partial charge in [0, 0.05) is 23.0 Å². The van der Waals surface area contributed by atoms with Gasteiger partial charge in [-0.05, 0) is 19.1 Å². The van der Waals surface area contributed by atoms with Crippen molar-refractivity contribution in [1.29, 1.82) is 0 Å². The SMILES string of the molecule is CC1(C(=O)O)C(=O)CC(O)C1CSc1ccccc1. The summed E-state index contributed by atoms with van der Waals surface area (Å²) in [5, 5.41) is 19.2. The lowest BCUT2D eigenvalue weighted by molar-refractivity contribution is -0.154. The molecule has 0 aromatic heterocycles. The number of carboxylic acid groups (broad SMARTS) is 1. The van der Waals surface area contributed by atoms with Gasteiger partial charge in [-0.15, -0.1) is 11.8 Å². The van der Waals surface area contributed by atoms with E-state index in [1.807, 2.05) is 30.3 Å². The Hall–Kier alpha value is -1.33. The Morgan fingerprint density at radius 1 is 1.42 bits per heavy atom. The quantitative estimate of drug-likeness (QED) is 0.650. The van der Waals surface area contributed by atoms with Gasteiger partial charge in [0.25, 0.3) is 0 Å². The van der Waals surface area contributed by atoms with Crippen molar-refractivity contribution < 1.29 is 19.8 Å². The molecule has 102 valence electrons. The number of thioether (sulfide) groups is 1. The maximum atomic E-state index is 11.8. The number of benzene rings is 1. The van der Waals surface area contributed by atoms with Crippen LogP contribution >= 0.6 is 11.8 Å². The molecule has 0 bridgehead atoms. The van der Waals surface area contributed by atoms with E-state index in [2.05, 4.69) is 0 Å². The van der Waals surface area contributed by atoms with Gasteiger partial charge in [-0.25, -0.2) is 0 Å². The van der Waals surface area contributed by atoms with Gasteiger partial charge in [-0.2, -0.15) is 0 Å². The van der Waals surface area contributed by atoms with E-state index in [0.717, 1.165) is 4.90 Å². The molecule has 2 rings (SSSR count). The summed E-state index contributed by atoms with van der Waals surface area (Å²) in [5.41, 5.74) is -1.47. The summed E-state index contributed by atoms with van der Waals surface area (Å²) in [6.07, 6.45) is -0.937. The van der Waals surface area contributed by atoms with E-state index in [0.29, 0.717) is 5.75 Å². The standard InChI is InChI=1S/C14H16O4S/c1-14(13(17)18)10(11(15)7-12(14)16)8-19-9-5-3-2-4-6-9/h2-6,10-11,15H,7-8H2,1H3,(H,17,18). The summed E-state index contributed by atoms with van der Waals surface area (Å²) >= 11 is 1.47. The first kappa shape index (κ1) is 14.1. The summed E-state index contributed by atoms with van der Waals surface area (Å²) in [6.45, 7) is 1.42. The molecule has 1 saturated carbocycles. The Bertz CT molecular complexity index is 487. The normalized spacial score (nSPS) is 30.5. The van der Waals surface area contributed by atoms with Gasteiger partial charge in [0.05, 0.1) is 6.10 Å². The summed E-state index contributed by atoms with van der Waals surface area (Å²) in [6, 6.07) is 9.54. The van der Waals surface area contributed by atoms with Crippen LogP contribution in [0.4, 0.5) is 0 Å². The van der Waals surface area contributed by atoms with E-state index in [-0.39, 0.29) is 12.2 Å². The number of carbonyl (C=O) groups excluding carboxylic acids is 1. The lowest BCUT2D eigenvalue weighted by Gasteiger charge is -2.26. The second kappa shape index (κ2) is 5.35. The number of aliphatic hydroxyl groups is 1. The Balaban J connectivity index is 2.13. The molecule has 4 nitrogen and oxygen atoms in total. The van der Waals surface area contributed by atoms with Crippen LogP contribution in [0.15, 0.2) is 35.2 Å². The zero-order valence-electron chi connectivity index (χ0n) is 10.6. The Labute approximate surface area is 115 Å². The molecular formula is C14H16O4S. The molecular weight excluding hydrogens is 264 g/mol. The first-order valence-corrected chi connectivity index (χ1v) is 7.07. The third-order valence-electron chi connectivity index (χ3n) is 3.80. The topological polar surface area (TPSA) is 74.6 Å². The highest BCUT2D eigenvalue weighted by molar-refractivity contribution is 7.99. The molecule has 0 radical (unpaired) electrons. The number of rotatable bonds is 4. The molecule has 1 aliphatic carbocycles. The molecule has 0 heterocycles. The van der Waals surface area contributed by atoms with E-state index < -0.39 is 23.4 Å². The van der Waals surface area contributed by atoms with Crippen LogP contribution in [0, 0.1) is 11.3 Å². The van der Waals surface area contributed by atoms with Crippen LogP contribution in [-0.2, 0) is 9.59 Å².